The van der Waals surface area contributed by atoms with Crippen molar-refractivity contribution in [2.45, 2.75) is 64.0 Å². The van der Waals surface area contributed by atoms with Gasteiger partial charge in [0, 0.05) is 13.0 Å². The Balaban J connectivity index is 1.55. The fourth-order valence-electron chi connectivity index (χ4n) is 5.21. The highest BCUT2D eigenvalue weighted by atomic mass is 16.4. The Labute approximate surface area is 175 Å². The van der Waals surface area contributed by atoms with Crippen LogP contribution >= 0.6 is 0 Å². The van der Waals surface area contributed by atoms with Crippen LogP contribution in [0.5, 0.6) is 0 Å². The maximum absolute atomic E-state index is 13.3. The van der Waals surface area contributed by atoms with Crippen molar-refractivity contribution >= 4 is 29.5 Å². The lowest BCUT2D eigenvalue weighted by atomic mass is 9.79. The molecule has 2 saturated heterocycles. The van der Waals surface area contributed by atoms with Crippen molar-refractivity contribution in [1.29, 1.82) is 0 Å². The molecule has 2 aliphatic heterocycles. The molecule has 0 radical (unpaired) electrons. The van der Waals surface area contributed by atoms with Crippen molar-refractivity contribution in [3.8, 4) is 0 Å². The van der Waals surface area contributed by atoms with Crippen molar-refractivity contribution in [2.75, 3.05) is 11.4 Å². The zero-order valence-electron chi connectivity index (χ0n) is 17.1. The van der Waals surface area contributed by atoms with E-state index in [-0.39, 0.29) is 18.7 Å². The molecular weight excluding hydrogens is 386 g/mol. The maximum atomic E-state index is 13.3. The molecule has 3 fully saturated rings. The highest BCUT2D eigenvalue weighted by molar-refractivity contribution is 6.19. The number of fused-ring (bicyclic) bond motifs is 1. The topological polar surface area (TPSA) is 107 Å². The predicted octanol–water partition coefficient (Wildman–Crippen LogP) is 2.45. The summed E-state index contributed by atoms with van der Waals surface area (Å²) in [6.45, 7) is 2.30. The summed E-state index contributed by atoms with van der Waals surface area (Å²) in [6, 6.07) is 5.46. The molecule has 8 nitrogen and oxygen atoms in total. The second kappa shape index (κ2) is 7.74. The molecule has 8 heteroatoms. The van der Waals surface area contributed by atoms with Gasteiger partial charge in [0.15, 0.2) is 0 Å². The van der Waals surface area contributed by atoms with E-state index in [1.165, 1.54) is 0 Å². The van der Waals surface area contributed by atoms with E-state index in [2.05, 4.69) is 5.32 Å². The molecule has 1 aromatic rings. The van der Waals surface area contributed by atoms with Crippen LogP contribution in [0.25, 0.3) is 0 Å². The number of amides is 4. The van der Waals surface area contributed by atoms with Crippen LogP contribution in [-0.2, 0) is 14.4 Å². The molecule has 2 N–H and O–H groups in total. The van der Waals surface area contributed by atoms with Crippen LogP contribution in [0.1, 0.15) is 50.5 Å². The number of nitrogens with zero attached hydrogens (tertiary/aromatic N) is 2. The van der Waals surface area contributed by atoms with Gasteiger partial charge in [0.2, 0.25) is 5.91 Å². The second-order valence-electron chi connectivity index (χ2n) is 8.84. The normalized spacial score (nSPS) is 25.2. The lowest BCUT2D eigenvalue weighted by molar-refractivity contribution is -0.143. The SMILES string of the molecule is Cc1ccc(N2C(=O)N[C@@H]3CCN(C(=O)CC4(CC(=O)O)CCCC4)[C@H]3C2=O)cc1. The van der Waals surface area contributed by atoms with E-state index in [1.807, 2.05) is 19.1 Å². The van der Waals surface area contributed by atoms with E-state index in [9.17, 15) is 24.3 Å². The Morgan fingerprint density at radius 3 is 2.43 bits per heavy atom. The van der Waals surface area contributed by atoms with Crippen LogP contribution in [0.2, 0.25) is 0 Å². The van der Waals surface area contributed by atoms with Gasteiger partial charge < -0.3 is 15.3 Å². The van der Waals surface area contributed by atoms with E-state index in [0.29, 0.717) is 31.5 Å². The zero-order chi connectivity index (χ0) is 21.5. The first-order valence-corrected chi connectivity index (χ1v) is 10.5. The fourth-order valence-corrected chi connectivity index (χ4v) is 5.21. The Kier molecular flexibility index (Phi) is 5.26. The number of carboxylic acids is 1. The molecule has 0 spiro atoms. The average Bonchev–Trinajstić information content (AvgIpc) is 3.30. The monoisotopic (exact) mass is 413 g/mol. The molecule has 1 aromatic carbocycles. The van der Waals surface area contributed by atoms with Crippen LogP contribution in [-0.4, -0.2) is 52.4 Å². The van der Waals surface area contributed by atoms with E-state index in [1.54, 1.807) is 17.0 Å². The predicted molar refractivity (Wildman–Crippen MR) is 109 cm³/mol. The smallest absolute Gasteiger partial charge is 0.329 e. The highest BCUT2D eigenvalue weighted by Crippen LogP contribution is 2.45. The summed E-state index contributed by atoms with van der Waals surface area (Å²) >= 11 is 0. The lowest BCUT2D eigenvalue weighted by Gasteiger charge is -2.38. The molecule has 0 bridgehead atoms. The molecule has 4 rings (SSSR count). The second-order valence-corrected chi connectivity index (χ2v) is 8.84. The Bertz CT molecular complexity index is 875. The van der Waals surface area contributed by atoms with Gasteiger partial charge in [-0.25, -0.2) is 9.69 Å². The molecule has 4 amide bonds. The third-order valence-corrected chi connectivity index (χ3v) is 6.71. The molecule has 0 aromatic heterocycles. The fraction of sp³-hybridized carbons (Fsp3) is 0.545. The number of hydrogen-bond donors (Lipinski definition) is 2. The van der Waals surface area contributed by atoms with Crippen LogP contribution in [0.15, 0.2) is 24.3 Å². The largest absolute Gasteiger partial charge is 0.481 e. The minimum Gasteiger partial charge on any atom is -0.481 e. The van der Waals surface area contributed by atoms with Gasteiger partial charge in [-0.15, -0.1) is 0 Å². The molecule has 2 heterocycles. The van der Waals surface area contributed by atoms with Gasteiger partial charge in [-0.05, 0) is 43.7 Å². The summed E-state index contributed by atoms with van der Waals surface area (Å²) in [5.74, 6) is -1.49. The van der Waals surface area contributed by atoms with Crippen molar-refractivity contribution in [1.82, 2.24) is 10.2 Å². The van der Waals surface area contributed by atoms with Crippen LogP contribution in [0.4, 0.5) is 10.5 Å². The first kappa shape index (κ1) is 20.4. The van der Waals surface area contributed by atoms with E-state index < -0.39 is 35.4 Å². The van der Waals surface area contributed by atoms with Crippen molar-refractivity contribution in [3.63, 3.8) is 0 Å². The lowest BCUT2D eigenvalue weighted by Crippen LogP contribution is -2.65. The van der Waals surface area contributed by atoms with Gasteiger partial charge in [-0.2, -0.15) is 0 Å². The van der Waals surface area contributed by atoms with Crippen LogP contribution in [0, 0.1) is 12.3 Å². The van der Waals surface area contributed by atoms with Crippen molar-refractivity contribution < 1.29 is 24.3 Å². The summed E-state index contributed by atoms with van der Waals surface area (Å²) in [5, 5.41) is 12.2. The molecule has 2 atom stereocenters. The summed E-state index contributed by atoms with van der Waals surface area (Å²) in [5.41, 5.74) is 0.956. The molecule has 1 saturated carbocycles. The van der Waals surface area contributed by atoms with Gasteiger partial charge in [0.25, 0.3) is 5.91 Å². The number of aliphatic carboxylic acids is 1. The average molecular weight is 413 g/mol. The van der Waals surface area contributed by atoms with Gasteiger partial charge in [-0.1, -0.05) is 30.5 Å². The molecule has 0 unspecified atom stereocenters. The number of hydrogen-bond acceptors (Lipinski definition) is 4. The number of imide groups is 1. The van der Waals surface area contributed by atoms with E-state index in [0.717, 1.165) is 23.3 Å². The molecular formula is C22H27N3O5. The third-order valence-electron chi connectivity index (χ3n) is 6.71. The van der Waals surface area contributed by atoms with Gasteiger partial charge in [0.05, 0.1) is 18.2 Å². The molecule has 30 heavy (non-hydrogen) atoms. The standard InChI is InChI=1S/C22H27N3O5/c1-14-4-6-15(7-5-14)25-20(29)19-16(23-21(25)30)8-11-24(19)17(26)12-22(13-18(27)28)9-2-3-10-22/h4-7,16,19H,2-3,8-13H2,1H3,(H,23,30)(H,27,28)/t16-,19-/m1/s1. The van der Waals surface area contributed by atoms with E-state index in [4.69, 9.17) is 0 Å². The minimum absolute atomic E-state index is 0.0269. The first-order valence-electron chi connectivity index (χ1n) is 10.5. The van der Waals surface area contributed by atoms with Gasteiger partial charge >= 0.3 is 12.0 Å². The number of carbonyl (C=O) groups is 4. The number of aryl methyl sites for hydroxylation is 1. The van der Waals surface area contributed by atoms with Crippen molar-refractivity contribution in [3.05, 3.63) is 29.8 Å². The molecule has 160 valence electrons. The minimum atomic E-state index is -0.893. The van der Waals surface area contributed by atoms with Gasteiger partial charge in [-0.3, -0.25) is 14.4 Å². The number of carboxylic acid groups (broad SMARTS) is 1. The third kappa shape index (κ3) is 3.66. The number of carbonyl (C=O) groups excluding carboxylic acids is 3. The Morgan fingerprint density at radius 2 is 1.80 bits per heavy atom. The Morgan fingerprint density at radius 1 is 1.13 bits per heavy atom. The summed E-state index contributed by atoms with van der Waals surface area (Å²) in [7, 11) is 0. The van der Waals surface area contributed by atoms with Crippen molar-refractivity contribution in [2.24, 2.45) is 5.41 Å². The highest BCUT2D eigenvalue weighted by Gasteiger charge is 2.51. The summed E-state index contributed by atoms with van der Waals surface area (Å²) in [4.78, 5) is 53.1. The van der Waals surface area contributed by atoms with Crippen LogP contribution in [0.3, 0.4) is 0 Å². The van der Waals surface area contributed by atoms with Gasteiger partial charge in [0.1, 0.15) is 6.04 Å². The number of rotatable bonds is 5. The zero-order valence-corrected chi connectivity index (χ0v) is 17.1. The number of anilines is 1. The van der Waals surface area contributed by atoms with E-state index >= 15 is 0 Å². The number of benzene rings is 1. The number of likely N-dealkylation sites (tertiary alicyclic amines) is 1. The maximum Gasteiger partial charge on any atom is 0.329 e. The molecule has 3 aliphatic rings. The number of urea groups is 1. The quantitative estimate of drug-likeness (QED) is 0.771. The molecule has 1 aliphatic carbocycles. The first-order chi connectivity index (χ1) is 14.3. The van der Waals surface area contributed by atoms with Crippen LogP contribution < -0.4 is 10.2 Å². The number of nitrogens with one attached hydrogen (secondary N) is 1. The summed E-state index contributed by atoms with van der Waals surface area (Å²) in [6.07, 6.45) is 3.89. The Hall–Kier alpha value is -2.90. The summed E-state index contributed by atoms with van der Waals surface area (Å²) < 4.78 is 0.